The summed E-state index contributed by atoms with van der Waals surface area (Å²) >= 11 is 5.10. The van der Waals surface area contributed by atoms with Crippen LogP contribution >= 0.6 is 27.7 Å². The van der Waals surface area contributed by atoms with Gasteiger partial charge < -0.3 is 5.32 Å². The Morgan fingerprint density at radius 2 is 2.10 bits per heavy atom. The molecule has 1 aliphatic rings. The van der Waals surface area contributed by atoms with E-state index in [2.05, 4.69) is 33.4 Å². The molecule has 1 nitrogen and oxygen atoms in total. The minimum Gasteiger partial charge on any atom is -0.306 e. The van der Waals surface area contributed by atoms with Gasteiger partial charge in [-0.05, 0) is 41.5 Å². The van der Waals surface area contributed by atoms with Crippen molar-refractivity contribution in [2.75, 3.05) is 5.75 Å². The van der Waals surface area contributed by atoms with E-state index in [-0.39, 0.29) is 11.9 Å². The molecular formula is C16H15BrFNS. The van der Waals surface area contributed by atoms with Gasteiger partial charge in [-0.1, -0.05) is 40.2 Å². The second-order valence-electron chi connectivity index (χ2n) is 4.86. The fourth-order valence-electron chi connectivity index (χ4n) is 2.49. The second-order valence-corrected chi connectivity index (χ2v) is 6.88. The molecule has 1 aliphatic heterocycles. The molecule has 0 aromatic heterocycles. The number of fused-ring (bicyclic) bond motifs is 1. The van der Waals surface area contributed by atoms with E-state index in [9.17, 15) is 4.39 Å². The highest BCUT2D eigenvalue weighted by atomic mass is 79.9. The van der Waals surface area contributed by atoms with Crippen LogP contribution < -0.4 is 5.32 Å². The van der Waals surface area contributed by atoms with E-state index >= 15 is 0 Å². The average molecular weight is 352 g/mol. The van der Waals surface area contributed by atoms with Gasteiger partial charge in [-0.15, -0.1) is 11.8 Å². The Hall–Kier alpha value is -0.840. The monoisotopic (exact) mass is 351 g/mol. The predicted molar refractivity (Wildman–Crippen MR) is 85.5 cm³/mol. The van der Waals surface area contributed by atoms with Crippen LogP contribution in [0, 0.1) is 5.82 Å². The molecule has 1 heterocycles. The van der Waals surface area contributed by atoms with Crippen LogP contribution in [-0.2, 0) is 6.54 Å². The van der Waals surface area contributed by atoms with Crippen molar-refractivity contribution < 1.29 is 4.39 Å². The molecule has 1 unspecified atom stereocenters. The quantitative estimate of drug-likeness (QED) is 0.842. The molecule has 2 aromatic carbocycles. The first-order chi connectivity index (χ1) is 9.74. The van der Waals surface area contributed by atoms with Crippen LogP contribution in [0.2, 0.25) is 0 Å². The van der Waals surface area contributed by atoms with Crippen molar-refractivity contribution in [3.8, 4) is 0 Å². The summed E-state index contributed by atoms with van der Waals surface area (Å²) in [5.41, 5.74) is 2.33. The van der Waals surface area contributed by atoms with Gasteiger partial charge in [-0.3, -0.25) is 0 Å². The van der Waals surface area contributed by atoms with Crippen molar-refractivity contribution in [3.63, 3.8) is 0 Å². The van der Waals surface area contributed by atoms with Crippen molar-refractivity contribution in [3.05, 3.63) is 63.9 Å². The van der Waals surface area contributed by atoms with Crippen molar-refractivity contribution in [2.45, 2.75) is 23.9 Å². The van der Waals surface area contributed by atoms with Gasteiger partial charge in [0, 0.05) is 22.0 Å². The molecule has 0 fully saturated rings. The van der Waals surface area contributed by atoms with E-state index in [1.54, 1.807) is 23.9 Å². The Kier molecular flexibility index (Phi) is 4.44. The highest BCUT2D eigenvalue weighted by Gasteiger charge is 2.22. The first-order valence-electron chi connectivity index (χ1n) is 6.63. The molecule has 20 heavy (non-hydrogen) atoms. The summed E-state index contributed by atoms with van der Waals surface area (Å²) in [6.45, 7) is 0.796. The SMILES string of the molecule is Fc1cccc2c1SCCC2NCc1cccc(Br)c1. The molecule has 0 radical (unpaired) electrons. The molecule has 0 saturated carbocycles. The van der Waals surface area contributed by atoms with E-state index in [4.69, 9.17) is 0 Å². The third-order valence-corrected chi connectivity index (χ3v) is 5.12. The number of hydrogen-bond donors (Lipinski definition) is 1. The van der Waals surface area contributed by atoms with Gasteiger partial charge in [0.1, 0.15) is 5.82 Å². The van der Waals surface area contributed by atoms with E-state index in [0.717, 1.165) is 33.7 Å². The topological polar surface area (TPSA) is 12.0 Å². The Morgan fingerprint density at radius 3 is 2.95 bits per heavy atom. The third-order valence-electron chi connectivity index (χ3n) is 3.47. The van der Waals surface area contributed by atoms with E-state index in [0.29, 0.717) is 0 Å². The summed E-state index contributed by atoms with van der Waals surface area (Å²) in [6.07, 6.45) is 1.04. The maximum Gasteiger partial charge on any atom is 0.137 e. The lowest BCUT2D eigenvalue weighted by Gasteiger charge is -2.26. The predicted octanol–water partition coefficient (Wildman–Crippen LogP) is 4.91. The maximum absolute atomic E-state index is 13.8. The standard InChI is InChI=1S/C16H15BrFNS/c17-12-4-1-3-11(9-12)10-19-15-7-8-20-16-13(15)5-2-6-14(16)18/h1-6,9,15,19H,7-8,10H2. The molecule has 0 spiro atoms. The minimum absolute atomic E-state index is 0.0959. The molecule has 0 aliphatic carbocycles. The van der Waals surface area contributed by atoms with Crippen LogP contribution in [-0.4, -0.2) is 5.75 Å². The Morgan fingerprint density at radius 1 is 1.25 bits per heavy atom. The largest absolute Gasteiger partial charge is 0.306 e. The van der Waals surface area contributed by atoms with Gasteiger partial charge in [-0.2, -0.15) is 0 Å². The zero-order chi connectivity index (χ0) is 13.9. The molecule has 0 bridgehead atoms. The number of benzene rings is 2. The number of halogens is 2. The molecule has 1 N–H and O–H groups in total. The average Bonchev–Trinajstić information content (AvgIpc) is 2.46. The van der Waals surface area contributed by atoms with Gasteiger partial charge >= 0.3 is 0 Å². The smallest absolute Gasteiger partial charge is 0.137 e. The van der Waals surface area contributed by atoms with Crippen LogP contribution in [0.15, 0.2) is 51.8 Å². The molecule has 4 heteroatoms. The van der Waals surface area contributed by atoms with Gasteiger partial charge in [0.2, 0.25) is 0 Å². The lowest BCUT2D eigenvalue weighted by atomic mass is 10.0. The minimum atomic E-state index is -0.0959. The molecule has 104 valence electrons. The Bertz CT molecular complexity index is 617. The van der Waals surface area contributed by atoms with Crippen LogP contribution in [0.4, 0.5) is 4.39 Å². The molecule has 2 aromatic rings. The van der Waals surface area contributed by atoms with E-state index < -0.39 is 0 Å². The number of thioether (sulfide) groups is 1. The number of rotatable bonds is 3. The first-order valence-corrected chi connectivity index (χ1v) is 8.41. The van der Waals surface area contributed by atoms with Crippen molar-refractivity contribution >= 4 is 27.7 Å². The zero-order valence-electron chi connectivity index (χ0n) is 10.9. The number of nitrogens with one attached hydrogen (secondary N) is 1. The van der Waals surface area contributed by atoms with Crippen LogP contribution in [0.3, 0.4) is 0 Å². The molecule has 1 atom stereocenters. The van der Waals surface area contributed by atoms with Crippen molar-refractivity contribution in [1.29, 1.82) is 0 Å². The van der Waals surface area contributed by atoms with Gasteiger partial charge in [0.15, 0.2) is 0 Å². The molecular weight excluding hydrogens is 337 g/mol. The van der Waals surface area contributed by atoms with Crippen molar-refractivity contribution in [1.82, 2.24) is 5.32 Å². The van der Waals surface area contributed by atoms with Gasteiger partial charge in [0.05, 0.1) is 0 Å². The lowest BCUT2D eigenvalue weighted by molar-refractivity contribution is 0.496. The lowest BCUT2D eigenvalue weighted by Crippen LogP contribution is -2.24. The maximum atomic E-state index is 13.8. The summed E-state index contributed by atoms with van der Waals surface area (Å²) in [4.78, 5) is 0.811. The van der Waals surface area contributed by atoms with Crippen LogP contribution in [0.25, 0.3) is 0 Å². The fourth-order valence-corrected chi connectivity index (χ4v) is 4.07. The van der Waals surface area contributed by atoms with Gasteiger partial charge in [0.25, 0.3) is 0 Å². The summed E-state index contributed by atoms with van der Waals surface area (Å²) < 4.78 is 14.9. The second kappa shape index (κ2) is 6.29. The van der Waals surface area contributed by atoms with Crippen LogP contribution in [0.1, 0.15) is 23.6 Å². The molecule has 0 saturated heterocycles. The third kappa shape index (κ3) is 3.08. The summed E-state index contributed by atoms with van der Waals surface area (Å²) in [5.74, 6) is 0.867. The van der Waals surface area contributed by atoms with Gasteiger partial charge in [-0.25, -0.2) is 4.39 Å². The number of hydrogen-bond acceptors (Lipinski definition) is 2. The fraction of sp³-hybridized carbons (Fsp3) is 0.250. The van der Waals surface area contributed by atoms with E-state index in [1.165, 1.54) is 5.56 Å². The summed E-state index contributed by atoms with van der Waals surface area (Å²) in [6, 6.07) is 13.9. The highest BCUT2D eigenvalue weighted by molar-refractivity contribution is 9.10. The Labute approximate surface area is 131 Å². The molecule has 0 amide bonds. The molecule has 3 rings (SSSR count). The first kappa shape index (κ1) is 14.1. The van der Waals surface area contributed by atoms with Crippen LogP contribution in [0.5, 0.6) is 0 Å². The summed E-state index contributed by atoms with van der Waals surface area (Å²) in [7, 11) is 0. The normalized spacial score (nSPS) is 17.8. The van der Waals surface area contributed by atoms with E-state index in [1.807, 2.05) is 18.2 Å². The van der Waals surface area contributed by atoms with Crippen molar-refractivity contribution in [2.24, 2.45) is 0 Å². The highest BCUT2D eigenvalue weighted by Crippen LogP contribution is 2.37. The summed E-state index contributed by atoms with van der Waals surface area (Å²) in [5, 5.41) is 3.55. The zero-order valence-corrected chi connectivity index (χ0v) is 13.3. The Balaban J connectivity index is 1.75.